The third-order valence-electron chi connectivity index (χ3n) is 6.11. The molecule has 2 aliphatic rings. The fourth-order valence-corrected chi connectivity index (χ4v) is 5.87. The zero-order valence-corrected chi connectivity index (χ0v) is 20.8. The standard InChI is InChI=1S/C22H34N4O7S/c1-4-33-22(28)24-10-12-25(13-11-24)34(29,30)26-9-5-6-17(16-26)21(27)23-15-18-14-19(31-2)7-8-20(18)32-3/h7-8,14,17H,4-6,9-13,15-16H2,1-3H3,(H,23,27). The molecule has 2 aliphatic heterocycles. The molecule has 3 rings (SSSR count). The summed E-state index contributed by atoms with van der Waals surface area (Å²) >= 11 is 0. The van der Waals surface area contributed by atoms with E-state index >= 15 is 0 Å². The lowest BCUT2D eigenvalue weighted by Crippen LogP contribution is -2.56. The molecule has 1 unspecified atom stereocenters. The van der Waals surface area contributed by atoms with Gasteiger partial charge in [0.1, 0.15) is 11.5 Å². The van der Waals surface area contributed by atoms with Gasteiger partial charge in [0.2, 0.25) is 5.91 Å². The number of nitrogens with zero attached hydrogens (tertiary/aromatic N) is 3. The van der Waals surface area contributed by atoms with Crippen LogP contribution < -0.4 is 14.8 Å². The SMILES string of the molecule is CCOC(=O)N1CCN(S(=O)(=O)N2CCCC(C(=O)NCc3cc(OC)ccc3OC)C2)CC1. The van der Waals surface area contributed by atoms with Crippen LogP contribution in [-0.4, -0.2) is 94.0 Å². The average Bonchev–Trinajstić information content (AvgIpc) is 2.87. The zero-order chi connectivity index (χ0) is 24.7. The minimum Gasteiger partial charge on any atom is -0.497 e. The third-order valence-corrected chi connectivity index (χ3v) is 8.11. The fraction of sp³-hybridized carbons (Fsp3) is 0.636. The summed E-state index contributed by atoms with van der Waals surface area (Å²) in [6.45, 7) is 3.70. The predicted octanol–water partition coefficient (Wildman–Crippen LogP) is 1.05. The van der Waals surface area contributed by atoms with Gasteiger partial charge in [-0.2, -0.15) is 17.0 Å². The molecule has 0 aromatic heterocycles. The van der Waals surface area contributed by atoms with E-state index in [4.69, 9.17) is 14.2 Å². The van der Waals surface area contributed by atoms with E-state index in [9.17, 15) is 18.0 Å². The van der Waals surface area contributed by atoms with Gasteiger partial charge >= 0.3 is 6.09 Å². The highest BCUT2D eigenvalue weighted by Crippen LogP contribution is 2.25. The highest BCUT2D eigenvalue weighted by molar-refractivity contribution is 7.86. The van der Waals surface area contributed by atoms with Crippen LogP contribution in [-0.2, 0) is 26.3 Å². The van der Waals surface area contributed by atoms with Crippen LogP contribution in [0.15, 0.2) is 18.2 Å². The van der Waals surface area contributed by atoms with Gasteiger partial charge in [-0.05, 0) is 38.0 Å². The second-order valence-electron chi connectivity index (χ2n) is 8.19. The lowest BCUT2D eigenvalue weighted by molar-refractivity contribution is -0.126. The summed E-state index contributed by atoms with van der Waals surface area (Å²) in [4.78, 5) is 26.3. The topological polar surface area (TPSA) is 118 Å². The monoisotopic (exact) mass is 498 g/mol. The van der Waals surface area contributed by atoms with Gasteiger partial charge < -0.3 is 24.4 Å². The lowest BCUT2D eigenvalue weighted by atomic mass is 9.98. The smallest absolute Gasteiger partial charge is 0.409 e. The molecular weight excluding hydrogens is 464 g/mol. The summed E-state index contributed by atoms with van der Waals surface area (Å²) in [7, 11) is -0.602. The minimum atomic E-state index is -3.73. The van der Waals surface area contributed by atoms with Crippen LogP contribution in [0.4, 0.5) is 4.79 Å². The molecule has 0 bridgehead atoms. The van der Waals surface area contributed by atoms with Crippen molar-refractivity contribution in [3.05, 3.63) is 23.8 Å². The summed E-state index contributed by atoms with van der Waals surface area (Å²) in [6.07, 6.45) is 0.786. The van der Waals surface area contributed by atoms with Crippen molar-refractivity contribution in [1.82, 2.24) is 18.8 Å². The van der Waals surface area contributed by atoms with Gasteiger partial charge in [-0.15, -0.1) is 0 Å². The predicted molar refractivity (Wildman–Crippen MR) is 125 cm³/mol. The Kier molecular flexibility index (Phi) is 8.97. The van der Waals surface area contributed by atoms with E-state index in [0.29, 0.717) is 30.9 Å². The number of piperidine rings is 1. The molecule has 2 saturated heterocycles. The van der Waals surface area contributed by atoms with Crippen molar-refractivity contribution in [2.24, 2.45) is 5.92 Å². The summed E-state index contributed by atoms with van der Waals surface area (Å²) < 4.78 is 44.7. The van der Waals surface area contributed by atoms with Gasteiger partial charge in [0, 0.05) is 51.4 Å². The molecule has 34 heavy (non-hydrogen) atoms. The molecule has 0 saturated carbocycles. The van der Waals surface area contributed by atoms with Crippen LogP contribution in [0.25, 0.3) is 0 Å². The van der Waals surface area contributed by atoms with Crippen molar-refractivity contribution in [3.63, 3.8) is 0 Å². The van der Waals surface area contributed by atoms with E-state index in [1.54, 1.807) is 39.3 Å². The first-order chi connectivity index (χ1) is 16.3. The summed E-state index contributed by atoms with van der Waals surface area (Å²) in [5, 5.41) is 2.91. The van der Waals surface area contributed by atoms with E-state index in [2.05, 4.69) is 5.32 Å². The highest BCUT2D eigenvalue weighted by Gasteiger charge is 2.37. The maximum atomic E-state index is 13.2. The molecule has 1 atom stereocenters. The third kappa shape index (κ3) is 6.10. The van der Waals surface area contributed by atoms with E-state index in [0.717, 1.165) is 5.56 Å². The minimum absolute atomic E-state index is 0.126. The molecule has 2 heterocycles. The normalized spacial score (nSPS) is 20.0. The van der Waals surface area contributed by atoms with E-state index < -0.39 is 22.2 Å². The van der Waals surface area contributed by atoms with Crippen LogP contribution in [0, 0.1) is 5.92 Å². The van der Waals surface area contributed by atoms with Crippen molar-refractivity contribution in [3.8, 4) is 11.5 Å². The van der Waals surface area contributed by atoms with Crippen LogP contribution in [0.2, 0.25) is 0 Å². The zero-order valence-electron chi connectivity index (χ0n) is 20.0. The van der Waals surface area contributed by atoms with Gasteiger partial charge in [-0.1, -0.05) is 0 Å². The quantitative estimate of drug-likeness (QED) is 0.569. The molecule has 2 amide bonds. The Bertz CT molecular complexity index is 964. The molecule has 2 fully saturated rings. The van der Waals surface area contributed by atoms with E-state index in [-0.39, 0.29) is 51.8 Å². The van der Waals surface area contributed by atoms with Crippen molar-refractivity contribution in [2.45, 2.75) is 26.3 Å². The Labute approximate surface area is 201 Å². The summed E-state index contributed by atoms with van der Waals surface area (Å²) in [6, 6.07) is 5.35. The molecule has 1 aromatic carbocycles. The van der Waals surface area contributed by atoms with Gasteiger partial charge in [0.25, 0.3) is 10.2 Å². The Morgan fingerprint density at radius 3 is 2.44 bits per heavy atom. The number of carbonyl (C=O) groups excluding carboxylic acids is 2. The lowest BCUT2D eigenvalue weighted by Gasteiger charge is -2.38. The number of hydrogen-bond acceptors (Lipinski definition) is 7. The molecule has 1 aromatic rings. The number of piperazine rings is 1. The Hall–Kier alpha value is -2.57. The highest BCUT2D eigenvalue weighted by atomic mass is 32.2. The van der Waals surface area contributed by atoms with Crippen molar-refractivity contribution in [2.75, 3.05) is 60.1 Å². The van der Waals surface area contributed by atoms with Crippen LogP contribution in [0.5, 0.6) is 11.5 Å². The van der Waals surface area contributed by atoms with Gasteiger partial charge in [-0.3, -0.25) is 4.79 Å². The van der Waals surface area contributed by atoms with Crippen molar-refractivity contribution < 1.29 is 32.2 Å². The number of nitrogens with one attached hydrogen (secondary N) is 1. The second kappa shape index (κ2) is 11.7. The van der Waals surface area contributed by atoms with Crippen LogP contribution in [0.3, 0.4) is 0 Å². The van der Waals surface area contributed by atoms with Crippen LogP contribution in [0.1, 0.15) is 25.3 Å². The number of benzene rings is 1. The van der Waals surface area contributed by atoms with Crippen molar-refractivity contribution in [1.29, 1.82) is 0 Å². The Balaban J connectivity index is 1.57. The first-order valence-electron chi connectivity index (χ1n) is 11.5. The summed E-state index contributed by atoms with van der Waals surface area (Å²) in [5.74, 6) is 0.650. The Morgan fingerprint density at radius 1 is 1.06 bits per heavy atom. The van der Waals surface area contributed by atoms with Gasteiger partial charge in [-0.25, -0.2) is 4.79 Å². The molecule has 0 radical (unpaired) electrons. The maximum absolute atomic E-state index is 13.2. The van der Waals surface area contributed by atoms with Gasteiger partial charge in [0.05, 0.1) is 26.7 Å². The molecule has 0 aliphatic carbocycles. The fourth-order valence-electron chi connectivity index (χ4n) is 4.19. The first kappa shape index (κ1) is 26.0. The molecule has 190 valence electrons. The molecule has 1 N–H and O–H groups in total. The summed E-state index contributed by atoms with van der Waals surface area (Å²) in [5.41, 5.74) is 0.773. The Morgan fingerprint density at radius 2 is 1.79 bits per heavy atom. The number of methoxy groups -OCH3 is 2. The molecule has 11 nitrogen and oxygen atoms in total. The number of rotatable bonds is 8. The number of amides is 2. The van der Waals surface area contributed by atoms with Crippen LogP contribution >= 0.6 is 0 Å². The molecular formula is C22H34N4O7S. The maximum Gasteiger partial charge on any atom is 0.409 e. The second-order valence-corrected chi connectivity index (χ2v) is 10.1. The number of hydrogen-bond donors (Lipinski definition) is 1. The molecule has 12 heteroatoms. The largest absolute Gasteiger partial charge is 0.497 e. The number of ether oxygens (including phenoxy) is 3. The van der Waals surface area contributed by atoms with E-state index in [1.165, 1.54) is 13.5 Å². The van der Waals surface area contributed by atoms with Crippen molar-refractivity contribution >= 4 is 22.2 Å². The molecule has 0 spiro atoms. The number of carbonyl (C=O) groups is 2. The van der Waals surface area contributed by atoms with E-state index in [1.807, 2.05) is 0 Å². The average molecular weight is 499 g/mol. The van der Waals surface area contributed by atoms with Gasteiger partial charge in [0.15, 0.2) is 0 Å². The first-order valence-corrected chi connectivity index (χ1v) is 12.8.